The summed E-state index contributed by atoms with van der Waals surface area (Å²) in [5, 5.41) is 4.95. The number of anilines is 3. The zero-order valence-electron chi connectivity index (χ0n) is 36.9. The minimum Gasteiger partial charge on any atom is -0.335 e. The monoisotopic (exact) mass is 832 g/mol. The number of fused-ring (bicyclic) bond motifs is 7. The molecule has 12 rings (SSSR count). The van der Waals surface area contributed by atoms with Crippen molar-refractivity contribution in [3.63, 3.8) is 0 Å². The van der Waals surface area contributed by atoms with Crippen molar-refractivity contribution in [2.45, 2.75) is 31.7 Å². The van der Waals surface area contributed by atoms with E-state index in [-0.39, 0.29) is 5.54 Å². The van der Waals surface area contributed by atoms with Gasteiger partial charge in [0.05, 0.1) is 16.6 Å². The van der Waals surface area contributed by atoms with Gasteiger partial charge in [-0.25, -0.2) is 0 Å². The number of hydrogen-bond donors (Lipinski definition) is 0. The number of aromatic nitrogens is 1. The van der Waals surface area contributed by atoms with Crippen molar-refractivity contribution in [2.24, 2.45) is 0 Å². The summed E-state index contributed by atoms with van der Waals surface area (Å²) in [6.45, 7) is 6.94. The Morgan fingerprint density at radius 1 is 0.385 bits per heavy atom. The molecule has 0 N–H and O–H groups in total. The number of benzene rings is 10. The van der Waals surface area contributed by atoms with Crippen LogP contribution >= 0.6 is 0 Å². The molecule has 0 amide bonds. The molecule has 0 spiro atoms. The van der Waals surface area contributed by atoms with Crippen molar-refractivity contribution in [2.75, 3.05) is 4.90 Å². The fourth-order valence-corrected chi connectivity index (χ4v) is 11.1. The number of nitrogens with zero attached hydrogens (tertiary/aromatic N) is 2. The molecule has 1 aliphatic carbocycles. The van der Waals surface area contributed by atoms with Gasteiger partial charge in [0.15, 0.2) is 0 Å². The molecular formula is C63H48N2. The minimum absolute atomic E-state index is 0.163. The second kappa shape index (κ2) is 15.1. The average molecular weight is 833 g/mol. The summed E-state index contributed by atoms with van der Waals surface area (Å²) in [4.78, 5) is 2.53. The van der Waals surface area contributed by atoms with E-state index in [0.29, 0.717) is 0 Å². The van der Waals surface area contributed by atoms with Crippen molar-refractivity contribution >= 4 is 49.6 Å². The average Bonchev–Trinajstić information content (AvgIpc) is 3.86. The van der Waals surface area contributed by atoms with Gasteiger partial charge in [0.2, 0.25) is 0 Å². The molecule has 0 saturated heterocycles. The van der Waals surface area contributed by atoms with Crippen LogP contribution in [-0.4, -0.2) is 4.57 Å². The molecule has 0 saturated carbocycles. The fraction of sp³-hybridized carbons (Fsp3) is 0.0794. The molecule has 1 heterocycles. The van der Waals surface area contributed by atoms with Crippen molar-refractivity contribution in [3.05, 3.63) is 259 Å². The van der Waals surface area contributed by atoms with E-state index in [2.05, 4.69) is 267 Å². The highest BCUT2D eigenvalue weighted by Crippen LogP contribution is 2.59. The van der Waals surface area contributed by atoms with Crippen LogP contribution in [0.15, 0.2) is 237 Å². The largest absolute Gasteiger partial charge is 0.335 e. The van der Waals surface area contributed by atoms with Gasteiger partial charge < -0.3 is 9.47 Å². The highest BCUT2D eigenvalue weighted by atomic mass is 15.1. The lowest BCUT2D eigenvalue weighted by Crippen LogP contribution is -2.28. The van der Waals surface area contributed by atoms with E-state index in [1.807, 2.05) is 0 Å². The lowest BCUT2D eigenvalue weighted by molar-refractivity contribution is 0.423. The van der Waals surface area contributed by atoms with E-state index in [9.17, 15) is 0 Å². The van der Waals surface area contributed by atoms with E-state index >= 15 is 0 Å². The van der Waals surface area contributed by atoms with Gasteiger partial charge in [0.1, 0.15) is 0 Å². The third kappa shape index (κ3) is 6.01. The Morgan fingerprint density at radius 2 is 0.954 bits per heavy atom. The molecular weight excluding hydrogens is 785 g/mol. The summed E-state index contributed by atoms with van der Waals surface area (Å²) in [6, 6.07) is 87.8. The molecule has 11 aromatic rings. The molecule has 65 heavy (non-hydrogen) atoms. The van der Waals surface area contributed by atoms with Gasteiger partial charge in [0.25, 0.3) is 0 Å². The fourth-order valence-electron chi connectivity index (χ4n) is 11.1. The number of para-hydroxylation sites is 1. The van der Waals surface area contributed by atoms with Gasteiger partial charge in [-0.3, -0.25) is 0 Å². The quantitative estimate of drug-likeness (QED) is 0.155. The van der Waals surface area contributed by atoms with Crippen LogP contribution in [0.2, 0.25) is 0 Å². The summed E-state index contributed by atoms with van der Waals surface area (Å²) in [5.74, 6) is 0. The zero-order valence-corrected chi connectivity index (χ0v) is 36.9. The number of hydrogen-bond acceptors (Lipinski definition) is 1. The van der Waals surface area contributed by atoms with Gasteiger partial charge in [-0.05, 0) is 118 Å². The van der Waals surface area contributed by atoms with E-state index in [4.69, 9.17) is 0 Å². The van der Waals surface area contributed by atoms with Gasteiger partial charge >= 0.3 is 0 Å². The Bertz CT molecular complexity index is 3520. The topological polar surface area (TPSA) is 8.17 Å². The molecule has 10 aromatic carbocycles. The molecule has 1 aromatic heterocycles. The van der Waals surface area contributed by atoms with Crippen molar-refractivity contribution in [3.8, 4) is 33.4 Å². The van der Waals surface area contributed by atoms with Gasteiger partial charge in [-0.2, -0.15) is 0 Å². The van der Waals surface area contributed by atoms with E-state index in [1.165, 1.54) is 88.2 Å². The van der Waals surface area contributed by atoms with Gasteiger partial charge in [-0.15, -0.1) is 0 Å². The van der Waals surface area contributed by atoms with E-state index in [1.54, 1.807) is 0 Å². The minimum atomic E-state index is -0.603. The third-order valence-electron chi connectivity index (χ3n) is 13.7. The van der Waals surface area contributed by atoms with Crippen LogP contribution in [0.4, 0.5) is 17.1 Å². The van der Waals surface area contributed by atoms with Crippen LogP contribution in [0.25, 0.3) is 66.0 Å². The molecule has 1 aliphatic rings. The predicted octanol–water partition coefficient (Wildman–Crippen LogP) is 16.9. The summed E-state index contributed by atoms with van der Waals surface area (Å²) < 4.78 is 2.53. The first-order chi connectivity index (χ1) is 31.9. The second-order valence-electron chi connectivity index (χ2n) is 18.4. The van der Waals surface area contributed by atoms with Gasteiger partial charge in [0, 0.05) is 38.8 Å². The first-order valence-electron chi connectivity index (χ1n) is 22.8. The second-order valence-corrected chi connectivity index (χ2v) is 18.4. The van der Waals surface area contributed by atoms with Crippen LogP contribution < -0.4 is 4.90 Å². The molecule has 0 aliphatic heterocycles. The standard InChI is InChI=1S/C63H48N2/c1-62(2,3)65-57-34-19-18-31-52(57)53-38-36-49(42-59(53)65)64(58-40-35-44-23-16-17-30-50(44)60(58)45-24-10-5-11-25-45)48-37-39-54-56(41-48)63(46-26-12-6-13-27-46,47-28-14-7-15-29-47)55-33-20-32-51(61(54)55)43-21-8-4-9-22-43/h4-42H,1-3H3. The number of rotatable bonds is 7. The normalized spacial score (nSPS) is 13.0. The first kappa shape index (κ1) is 38.7. The molecule has 0 atom stereocenters. The maximum Gasteiger partial charge on any atom is 0.0714 e. The molecule has 0 unspecified atom stereocenters. The molecule has 2 heteroatoms. The highest BCUT2D eigenvalue weighted by molar-refractivity contribution is 6.11. The lowest BCUT2D eigenvalue weighted by atomic mass is 9.67. The Hall–Kier alpha value is -7.94. The summed E-state index contributed by atoms with van der Waals surface area (Å²) in [6.07, 6.45) is 0. The van der Waals surface area contributed by atoms with Crippen molar-refractivity contribution in [1.82, 2.24) is 4.57 Å². The molecule has 2 nitrogen and oxygen atoms in total. The lowest BCUT2D eigenvalue weighted by Gasteiger charge is -2.35. The SMILES string of the molecule is CC(C)(C)n1c2ccccc2c2ccc(N(c3ccc4c(c3)C(c3ccccc3)(c3ccccc3)c3cccc(-c5ccccc5)c3-4)c3ccc4ccccc4c3-c3ccccc3)cc21. The van der Waals surface area contributed by atoms with Gasteiger partial charge in [-0.1, -0.05) is 200 Å². The van der Waals surface area contributed by atoms with E-state index < -0.39 is 5.41 Å². The Morgan fingerprint density at radius 3 is 1.65 bits per heavy atom. The smallest absolute Gasteiger partial charge is 0.0714 e. The maximum absolute atomic E-state index is 2.53. The maximum atomic E-state index is 2.53. The Kier molecular flexibility index (Phi) is 9.00. The van der Waals surface area contributed by atoms with Crippen LogP contribution in [-0.2, 0) is 11.0 Å². The Labute approximate surface area is 381 Å². The van der Waals surface area contributed by atoms with Crippen molar-refractivity contribution < 1.29 is 0 Å². The summed E-state index contributed by atoms with van der Waals surface area (Å²) in [5.41, 5.74) is 17.4. The Balaban J connectivity index is 1.21. The van der Waals surface area contributed by atoms with Crippen LogP contribution in [0.3, 0.4) is 0 Å². The van der Waals surface area contributed by atoms with E-state index in [0.717, 1.165) is 17.1 Å². The molecule has 0 radical (unpaired) electrons. The predicted molar refractivity (Wildman–Crippen MR) is 275 cm³/mol. The molecule has 310 valence electrons. The summed E-state index contributed by atoms with van der Waals surface area (Å²) in [7, 11) is 0. The third-order valence-corrected chi connectivity index (χ3v) is 13.7. The van der Waals surface area contributed by atoms with Crippen LogP contribution in [0, 0.1) is 0 Å². The van der Waals surface area contributed by atoms with Crippen molar-refractivity contribution in [1.29, 1.82) is 0 Å². The van der Waals surface area contributed by atoms with Crippen LogP contribution in [0.5, 0.6) is 0 Å². The summed E-state index contributed by atoms with van der Waals surface area (Å²) >= 11 is 0. The first-order valence-corrected chi connectivity index (χ1v) is 22.8. The highest BCUT2D eigenvalue weighted by Gasteiger charge is 2.47. The molecule has 0 fully saturated rings. The molecule has 0 bridgehead atoms. The zero-order chi connectivity index (χ0) is 43.7. The van der Waals surface area contributed by atoms with Crippen LogP contribution in [0.1, 0.15) is 43.0 Å².